The molecule has 0 aliphatic heterocycles. The van der Waals surface area contributed by atoms with Crippen LogP contribution in [0, 0.1) is 0 Å². The number of aromatic amines is 1. The fourth-order valence-corrected chi connectivity index (χ4v) is 3.01. The smallest absolute Gasteiger partial charge is 0.253 e. The van der Waals surface area contributed by atoms with Gasteiger partial charge < -0.3 is 10.3 Å². The lowest BCUT2D eigenvalue weighted by atomic mass is 10.1. The lowest BCUT2D eigenvalue weighted by molar-refractivity contribution is 0.0957. The minimum Gasteiger partial charge on any atom is -0.361 e. The van der Waals surface area contributed by atoms with Crippen molar-refractivity contribution in [2.45, 2.75) is 4.90 Å². The molecule has 2 N–H and O–H groups in total. The zero-order valence-corrected chi connectivity index (χ0v) is 12.3. The normalized spacial score (nSPS) is 10.7. The summed E-state index contributed by atoms with van der Waals surface area (Å²) in [6.07, 6.45) is 1.85. The average molecular weight is 296 g/mol. The Bertz CT molecular complexity index is 737. The Balaban J connectivity index is 1.56. The monoisotopic (exact) mass is 296 g/mol. The van der Waals surface area contributed by atoms with Gasteiger partial charge in [0.05, 0.1) is 11.1 Å². The van der Waals surface area contributed by atoms with Crippen molar-refractivity contribution in [1.82, 2.24) is 10.3 Å². The molecule has 0 fully saturated rings. The topological polar surface area (TPSA) is 44.9 Å². The van der Waals surface area contributed by atoms with Gasteiger partial charge in [-0.05, 0) is 24.3 Å². The number of para-hydroxylation sites is 1. The highest BCUT2D eigenvalue weighted by Gasteiger charge is 2.09. The highest BCUT2D eigenvalue weighted by molar-refractivity contribution is 7.99. The van der Waals surface area contributed by atoms with Crippen LogP contribution in [0.4, 0.5) is 0 Å². The van der Waals surface area contributed by atoms with Crippen molar-refractivity contribution in [2.24, 2.45) is 0 Å². The average Bonchev–Trinajstić information content (AvgIpc) is 3.01. The first-order valence-corrected chi connectivity index (χ1v) is 7.85. The third kappa shape index (κ3) is 3.28. The van der Waals surface area contributed by atoms with Gasteiger partial charge in [0.2, 0.25) is 0 Å². The quantitative estimate of drug-likeness (QED) is 0.557. The summed E-state index contributed by atoms with van der Waals surface area (Å²) in [7, 11) is 0. The summed E-state index contributed by atoms with van der Waals surface area (Å²) in [5, 5.41) is 4.03. The van der Waals surface area contributed by atoms with Gasteiger partial charge in [-0.15, -0.1) is 11.8 Å². The SMILES string of the molecule is O=C(NCCSc1ccccc1)c1cccc2cc[nH]c12. The highest BCUT2D eigenvalue weighted by atomic mass is 32.2. The summed E-state index contributed by atoms with van der Waals surface area (Å²) < 4.78 is 0. The molecule has 0 aliphatic rings. The minimum atomic E-state index is -0.0308. The lowest BCUT2D eigenvalue weighted by Crippen LogP contribution is -2.25. The third-order valence-corrected chi connectivity index (χ3v) is 4.25. The summed E-state index contributed by atoms with van der Waals surface area (Å²) in [5.74, 6) is 0.827. The van der Waals surface area contributed by atoms with E-state index in [4.69, 9.17) is 0 Å². The van der Waals surface area contributed by atoms with Crippen molar-refractivity contribution < 1.29 is 4.79 Å². The number of nitrogens with one attached hydrogen (secondary N) is 2. The zero-order chi connectivity index (χ0) is 14.5. The molecule has 0 bridgehead atoms. The van der Waals surface area contributed by atoms with Gasteiger partial charge in [-0.2, -0.15) is 0 Å². The number of H-pyrrole nitrogens is 1. The Morgan fingerprint density at radius 3 is 2.76 bits per heavy atom. The molecule has 4 heteroatoms. The van der Waals surface area contributed by atoms with Crippen molar-refractivity contribution in [1.29, 1.82) is 0 Å². The standard InChI is InChI=1S/C17H16N2OS/c20-17(15-8-4-5-13-9-10-18-16(13)15)19-11-12-21-14-6-2-1-3-7-14/h1-10,18H,11-12H2,(H,19,20). The van der Waals surface area contributed by atoms with Crippen molar-refractivity contribution in [3.8, 4) is 0 Å². The van der Waals surface area contributed by atoms with Gasteiger partial charge in [-0.25, -0.2) is 0 Å². The third-order valence-electron chi connectivity index (χ3n) is 3.23. The number of fused-ring (bicyclic) bond motifs is 1. The van der Waals surface area contributed by atoms with Crippen LogP contribution in [0.5, 0.6) is 0 Å². The molecule has 0 saturated heterocycles. The summed E-state index contributed by atoms with van der Waals surface area (Å²) in [6, 6.07) is 17.9. The van der Waals surface area contributed by atoms with Crippen molar-refractivity contribution >= 4 is 28.6 Å². The van der Waals surface area contributed by atoms with E-state index in [1.807, 2.05) is 48.7 Å². The Morgan fingerprint density at radius 1 is 1.05 bits per heavy atom. The number of rotatable bonds is 5. The van der Waals surface area contributed by atoms with Crippen LogP contribution in [0.25, 0.3) is 10.9 Å². The van der Waals surface area contributed by atoms with Crippen molar-refractivity contribution in [3.05, 3.63) is 66.4 Å². The van der Waals surface area contributed by atoms with Crippen LogP contribution in [0.15, 0.2) is 65.7 Å². The van der Waals surface area contributed by atoms with Crippen molar-refractivity contribution in [3.63, 3.8) is 0 Å². The summed E-state index contributed by atoms with van der Waals surface area (Å²) in [6.45, 7) is 0.648. The van der Waals surface area contributed by atoms with Crippen LogP contribution in [0.2, 0.25) is 0 Å². The molecule has 21 heavy (non-hydrogen) atoms. The van der Waals surface area contributed by atoms with E-state index in [-0.39, 0.29) is 5.91 Å². The van der Waals surface area contributed by atoms with Crippen LogP contribution in [-0.2, 0) is 0 Å². The molecule has 3 aromatic rings. The van der Waals surface area contributed by atoms with Crippen LogP contribution in [0.1, 0.15) is 10.4 Å². The number of aromatic nitrogens is 1. The Hall–Kier alpha value is -2.20. The first-order valence-electron chi connectivity index (χ1n) is 6.87. The van der Waals surface area contributed by atoms with Crippen LogP contribution < -0.4 is 5.32 Å². The lowest BCUT2D eigenvalue weighted by Gasteiger charge is -2.06. The molecular weight excluding hydrogens is 280 g/mol. The number of amides is 1. The Kier molecular flexibility index (Phi) is 4.26. The largest absolute Gasteiger partial charge is 0.361 e. The maximum Gasteiger partial charge on any atom is 0.253 e. The van der Waals surface area contributed by atoms with E-state index in [0.717, 1.165) is 16.7 Å². The molecule has 0 atom stereocenters. The van der Waals surface area contributed by atoms with Gasteiger partial charge in [0, 0.05) is 28.8 Å². The first kappa shape index (κ1) is 13.8. The number of thioether (sulfide) groups is 1. The minimum absolute atomic E-state index is 0.0308. The summed E-state index contributed by atoms with van der Waals surface area (Å²) >= 11 is 1.74. The van der Waals surface area contributed by atoms with Crippen LogP contribution in [0.3, 0.4) is 0 Å². The van der Waals surface area contributed by atoms with E-state index in [0.29, 0.717) is 12.1 Å². The number of carbonyl (C=O) groups excluding carboxylic acids is 1. The van der Waals surface area contributed by atoms with Crippen LogP contribution >= 0.6 is 11.8 Å². The maximum atomic E-state index is 12.2. The molecule has 0 saturated carbocycles. The van der Waals surface area contributed by atoms with Gasteiger partial charge in [-0.1, -0.05) is 30.3 Å². The van der Waals surface area contributed by atoms with Crippen LogP contribution in [-0.4, -0.2) is 23.2 Å². The molecular formula is C17H16N2OS. The second kappa shape index (κ2) is 6.50. The van der Waals surface area contributed by atoms with E-state index in [1.165, 1.54) is 4.90 Å². The van der Waals surface area contributed by atoms with Gasteiger partial charge in [0.1, 0.15) is 0 Å². The predicted octanol–water partition coefficient (Wildman–Crippen LogP) is 3.69. The fourth-order valence-electron chi connectivity index (χ4n) is 2.22. The molecule has 0 unspecified atom stereocenters. The van der Waals surface area contributed by atoms with E-state index < -0.39 is 0 Å². The molecule has 1 amide bonds. The van der Waals surface area contributed by atoms with E-state index in [9.17, 15) is 4.79 Å². The second-order valence-electron chi connectivity index (χ2n) is 4.66. The summed E-state index contributed by atoms with van der Waals surface area (Å²) in [4.78, 5) is 16.6. The zero-order valence-electron chi connectivity index (χ0n) is 11.5. The second-order valence-corrected chi connectivity index (χ2v) is 5.83. The predicted molar refractivity (Wildman–Crippen MR) is 87.8 cm³/mol. The number of benzene rings is 2. The molecule has 1 aromatic heterocycles. The fraction of sp³-hybridized carbons (Fsp3) is 0.118. The van der Waals surface area contributed by atoms with Gasteiger partial charge in [0.15, 0.2) is 0 Å². The molecule has 0 aliphatic carbocycles. The highest BCUT2D eigenvalue weighted by Crippen LogP contribution is 2.18. The Morgan fingerprint density at radius 2 is 1.90 bits per heavy atom. The van der Waals surface area contributed by atoms with Gasteiger partial charge >= 0.3 is 0 Å². The molecule has 0 radical (unpaired) electrons. The molecule has 2 aromatic carbocycles. The summed E-state index contributed by atoms with van der Waals surface area (Å²) in [5.41, 5.74) is 1.59. The molecule has 1 heterocycles. The van der Waals surface area contributed by atoms with Gasteiger partial charge in [-0.3, -0.25) is 4.79 Å². The molecule has 3 rings (SSSR count). The number of carbonyl (C=O) groups is 1. The molecule has 106 valence electrons. The van der Waals surface area contributed by atoms with Crippen molar-refractivity contribution in [2.75, 3.05) is 12.3 Å². The Labute approximate surface area is 127 Å². The number of hydrogen-bond acceptors (Lipinski definition) is 2. The van der Waals surface area contributed by atoms with E-state index in [1.54, 1.807) is 11.8 Å². The van der Waals surface area contributed by atoms with Gasteiger partial charge in [0.25, 0.3) is 5.91 Å². The van der Waals surface area contributed by atoms with E-state index in [2.05, 4.69) is 22.4 Å². The molecule has 0 spiro atoms. The molecule has 3 nitrogen and oxygen atoms in total. The maximum absolute atomic E-state index is 12.2. The first-order chi connectivity index (χ1) is 10.3. The number of hydrogen-bond donors (Lipinski definition) is 2. The van der Waals surface area contributed by atoms with E-state index >= 15 is 0 Å².